The number of aryl methyl sites for hydroxylation is 1. The predicted octanol–water partition coefficient (Wildman–Crippen LogP) is 5.91. The first-order valence-corrected chi connectivity index (χ1v) is 10.1. The van der Waals surface area contributed by atoms with Crippen molar-refractivity contribution in [3.8, 4) is 11.3 Å². The first-order chi connectivity index (χ1) is 13.6. The normalized spacial score (nSPS) is 14.2. The summed E-state index contributed by atoms with van der Waals surface area (Å²) >= 11 is 6.33. The molecule has 0 aliphatic heterocycles. The minimum absolute atomic E-state index is 0.440. The van der Waals surface area contributed by atoms with Gasteiger partial charge in [-0.2, -0.15) is 4.98 Å². The van der Waals surface area contributed by atoms with Gasteiger partial charge in [0, 0.05) is 40.8 Å². The lowest BCUT2D eigenvalue weighted by Crippen LogP contribution is -2.17. The zero-order valence-electron chi connectivity index (χ0n) is 16.2. The van der Waals surface area contributed by atoms with Gasteiger partial charge in [0.1, 0.15) is 5.82 Å². The molecule has 0 atom stereocenters. The molecule has 0 radical (unpaired) electrons. The van der Waals surface area contributed by atoms with Gasteiger partial charge in [-0.1, -0.05) is 30.5 Å². The van der Waals surface area contributed by atoms with E-state index in [0.29, 0.717) is 12.0 Å². The molecule has 0 unspecified atom stereocenters. The molecule has 1 aliphatic carbocycles. The highest BCUT2D eigenvalue weighted by Crippen LogP contribution is 2.31. The van der Waals surface area contributed by atoms with Crippen molar-refractivity contribution in [2.24, 2.45) is 0 Å². The van der Waals surface area contributed by atoms with Gasteiger partial charge in [0.15, 0.2) is 0 Å². The summed E-state index contributed by atoms with van der Waals surface area (Å²) < 4.78 is 0. The summed E-state index contributed by atoms with van der Waals surface area (Å²) in [6.07, 6.45) is 8.40. The van der Waals surface area contributed by atoms with Crippen LogP contribution in [0.2, 0.25) is 5.02 Å². The van der Waals surface area contributed by atoms with Crippen LogP contribution in [0, 0.1) is 13.8 Å². The third kappa shape index (κ3) is 4.09. The van der Waals surface area contributed by atoms with E-state index in [0.717, 1.165) is 51.8 Å². The third-order valence-corrected chi connectivity index (χ3v) is 5.66. The second-order valence-electron chi connectivity index (χ2n) is 7.31. The molecule has 3 aromatic rings. The van der Waals surface area contributed by atoms with Gasteiger partial charge in [0.25, 0.3) is 0 Å². The Hall–Kier alpha value is -2.66. The zero-order chi connectivity index (χ0) is 19.5. The Morgan fingerprint density at radius 3 is 2.50 bits per heavy atom. The minimum atomic E-state index is 0.440. The summed E-state index contributed by atoms with van der Waals surface area (Å²) in [5.74, 6) is 1.40. The lowest BCUT2D eigenvalue weighted by atomic mass is 10.1. The fourth-order valence-electron chi connectivity index (χ4n) is 3.64. The van der Waals surface area contributed by atoms with Gasteiger partial charge in [0.05, 0.1) is 5.69 Å². The highest BCUT2D eigenvalue weighted by atomic mass is 35.5. The first kappa shape index (κ1) is 18.7. The van der Waals surface area contributed by atoms with Gasteiger partial charge < -0.3 is 10.6 Å². The minimum Gasteiger partial charge on any atom is -0.351 e. The fourth-order valence-corrected chi connectivity index (χ4v) is 3.80. The summed E-state index contributed by atoms with van der Waals surface area (Å²) in [5, 5.41) is 7.72. The number of rotatable bonds is 5. The van der Waals surface area contributed by atoms with Crippen molar-refractivity contribution in [3.05, 3.63) is 58.9 Å². The van der Waals surface area contributed by atoms with E-state index >= 15 is 0 Å². The monoisotopic (exact) mass is 393 g/mol. The number of nitrogens with zero attached hydrogens (tertiary/aromatic N) is 3. The van der Waals surface area contributed by atoms with Crippen LogP contribution in [0.3, 0.4) is 0 Å². The number of halogens is 1. The summed E-state index contributed by atoms with van der Waals surface area (Å²) in [7, 11) is 0. The molecule has 0 saturated heterocycles. The smallest absolute Gasteiger partial charge is 0.225 e. The Bertz CT molecular complexity index is 968. The SMILES string of the molecule is Cc1ccc(Cl)c(C)c1Nc1cc(-c2ccncc2)nc(NC2CCCC2)n1. The lowest BCUT2D eigenvalue weighted by molar-refractivity contribution is 0.744. The highest BCUT2D eigenvalue weighted by Gasteiger charge is 2.17. The predicted molar refractivity (Wildman–Crippen MR) is 115 cm³/mol. The van der Waals surface area contributed by atoms with Crippen molar-refractivity contribution in [2.75, 3.05) is 10.6 Å². The van der Waals surface area contributed by atoms with Crippen molar-refractivity contribution in [3.63, 3.8) is 0 Å². The maximum absolute atomic E-state index is 6.33. The maximum Gasteiger partial charge on any atom is 0.225 e. The number of pyridine rings is 1. The first-order valence-electron chi connectivity index (χ1n) is 9.69. The van der Waals surface area contributed by atoms with Crippen LogP contribution in [0.5, 0.6) is 0 Å². The largest absolute Gasteiger partial charge is 0.351 e. The number of hydrogen-bond acceptors (Lipinski definition) is 5. The lowest BCUT2D eigenvalue weighted by Gasteiger charge is -2.17. The van der Waals surface area contributed by atoms with Crippen molar-refractivity contribution < 1.29 is 0 Å². The standard InChI is InChI=1S/C22H24ClN5/c1-14-7-8-18(23)15(2)21(14)27-20-13-19(16-9-11-24-12-10-16)26-22(28-20)25-17-5-3-4-6-17/h7-13,17H,3-6H2,1-2H3,(H2,25,26,27,28). The van der Waals surface area contributed by atoms with Crippen molar-refractivity contribution in [1.29, 1.82) is 0 Å². The van der Waals surface area contributed by atoms with E-state index in [1.54, 1.807) is 12.4 Å². The molecule has 2 aromatic heterocycles. The molecule has 1 fully saturated rings. The molecule has 28 heavy (non-hydrogen) atoms. The number of anilines is 3. The molecule has 0 amide bonds. The van der Waals surface area contributed by atoms with E-state index in [1.165, 1.54) is 12.8 Å². The summed E-state index contributed by atoms with van der Waals surface area (Å²) in [6.45, 7) is 4.08. The topological polar surface area (TPSA) is 62.7 Å². The van der Waals surface area contributed by atoms with Crippen LogP contribution in [-0.4, -0.2) is 21.0 Å². The van der Waals surface area contributed by atoms with Crippen LogP contribution in [0.1, 0.15) is 36.8 Å². The van der Waals surface area contributed by atoms with Gasteiger partial charge in [-0.3, -0.25) is 4.98 Å². The van der Waals surface area contributed by atoms with Gasteiger partial charge in [0.2, 0.25) is 5.95 Å². The van der Waals surface area contributed by atoms with E-state index in [2.05, 4.69) is 22.5 Å². The van der Waals surface area contributed by atoms with Crippen LogP contribution in [0.15, 0.2) is 42.7 Å². The van der Waals surface area contributed by atoms with Gasteiger partial charge in [-0.15, -0.1) is 0 Å². The van der Waals surface area contributed by atoms with E-state index in [-0.39, 0.29) is 0 Å². The Balaban J connectivity index is 1.72. The molecular weight excluding hydrogens is 370 g/mol. The number of nitrogens with one attached hydrogen (secondary N) is 2. The zero-order valence-corrected chi connectivity index (χ0v) is 16.9. The molecule has 0 spiro atoms. The van der Waals surface area contributed by atoms with Crippen molar-refractivity contribution in [1.82, 2.24) is 15.0 Å². The van der Waals surface area contributed by atoms with Gasteiger partial charge in [-0.25, -0.2) is 4.98 Å². The maximum atomic E-state index is 6.33. The average Bonchev–Trinajstić information content (AvgIpc) is 3.22. The molecule has 1 saturated carbocycles. The molecule has 144 valence electrons. The molecule has 2 heterocycles. The molecular formula is C22H24ClN5. The Morgan fingerprint density at radius 2 is 1.75 bits per heavy atom. The van der Waals surface area contributed by atoms with Crippen LogP contribution in [0.4, 0.5) is 17.5 Å². The highest BCUT2D eigenvalue weighted by molar-refractivity contribution is 6.31. The number of hydrogen-bond donors (Lipinski definition) is 2. The number of benzene rings is 1. The van der Waals surface area contributed by atoms with E-state index < -0.39 is 0 Å². The molecule has 4 rings (SSSR count). The van der Waals surface area contributed by atoms with Gasteiger partial charge >= 0.3 is 0 Å². The summed E-state index contributed by atoms with van der Waals surface area (Å²) in [4.78, 5) is 13.6. The molecule has 2 N–H and O–H groups in total. The molecule has 6 heteroatoms. The van der Waals surface area contributed by atoms with Crippen LogP contribution in [0.25, 0.3) is 11.3 Å². The second kappa shape index (κ2) is 8.15. The third-order valence-electron chi connectivity index (χ3n) is 5.25. The van der Waals surface area contributed by atoms with Crippen molar-refractivity contribution in [2.45, 2.75) is 45.6 Å². The van der Waals surface area contributed by atoms with E-state index in [9.17, 15) is 0 Å². The molecule has 0 bridgehead atoms. The Morgan fingerprint density at radius 1 is 1.00 bits per heavy atom. The second-order valence-corrected chi connectivity index (χ2v) is 7.72. The Kier molecular flexibility index (Phi) is 5.44. The van der Waals surface area contributed by atoms with E-state index in [1.807, 2.05) is 37.3 Å². The van der Waals surface area contributed by atoms with Crippen LogP contribution < -0.4 is 10.6 Å². The molecule has 1 aromatic carbocycles. The fraction of sp³-hybridized carbons (Fsp3) is 0.318. The van der Waals surface area contributed by atoms with Crippen molar-refractivity contribution >= 4 is 29.1 Å². The number of aromatic nitrogens is 3. The summed E-state index contributed by atoms with van der Waals surface area (Å²) in [6, 6.07) is 10.3. The van der Waals surface area contributed by atoms with E-state index in [4.69, 9.17) is 21.6 Å². The molecule has 5 nitrogen and oxygen atoms in total. The summed E-state index contributed by atoms with van der Waals surface area (Å²) in [5.41, 5.74) is 4.98. The molecule has 1 aliphatic rings. The Labute approximate surface area is 170 Å². The average molecular weight is 394 g/mol. The van der Waals surface area contributed by atoms with Crippen LogP contribution in [-0.2, 0) is 0 Å². The van der Waals surface area contributed by atoms with Gasteiger partial charge in [-0.05, 0) is 56.0 Å². The quantitative estimate of drug-likeness (QED) is 0.564. The van der Waals surface area contributed by atoms with Crippen LogP contribution >= 0.6 is 11.6 Å².